The molecule has 1 aromatic rings. The van der Waals surface area contributed by atoms with Gasteiger partial charge in [-0.15, -0.1) is 0 Å². The van der Waals surface area contributed by atoms with Crippen molar-refractivity contribution in [3.8, 4) is 0 Å². The molecule has 0 spiro atoms. The van der Waals surface area contributed by atoms with Gasteiger partial charge >= 0.3 is 0 Å². The van der Waals surface area contributed by atoms with E-state index in [1.165, 1.54) is 12.1 Å². The molecule has 0 radical (unpaired) electrons. The number of rotatable bonds is 2. The Hall–Kier alpha value is -1.03. The van der Waals surface area contributed by atoms with Gasteiger partial charge in [0.1, 0.15) is 11.6 Å². The maximum absolute atomic E-state index is 12.9. The van der Waals surface area contributed by atoms with E-state index in [0.29, 0.717) is 5.69 Å². The van der Waals surface area contributed by atoms with Crippen LogP contribution in [0.25, 0.3) is 0 Å². The van der Waals surface area contributed by atoms with Crippen LogP contribution in [-0.4, -0.2) is 11.5 Å². The Kier molecular flexibility index (Phi) is 3.26. The van der Waals surface area contributed by atoms with Crippen LogP contribution in [0.2, 0.25) is 0 Å². The minimum Gasteiger partial charge on any atom is -0.359 e. The second-order valence-electron chi connectivity index (χ2n) is 3.34. The first-order valence-electron chi connectivity index (χ1n) is 4.74. The highest BCUT2D eigenvalue weighted by Crippen LogP contribution is 2.20. The number of hydrogen-bond donors (Lipinski definition) is 1. The van der Waals surface area contributed by atoms with Crippen molar-refractivity contribution in [2.24, 2.45) is 0 Å². The van der Waals surface area contributed by atoms with Crippen LogP contribution in [0.3, 0.4) is 0 Å². The number of halogens is 2. The fraction of sp³-hybridized carbons (Fsp3) is 0.273. The smallest absolute Gasteiger partial charge is 0.128 e. The van der Waals surface area contributed by atoms with Gasteiger partial charge < -0.3 is 5.32 Å². The molecule has 0 atom stereocenters. The molecule has 1 aromatic carbocycles. The van der Waals surface area contributed by atoms with Gasteiger partial charge in [0.2, 0.25) is 0 Å². The molecule has 1 nitrogen and oxygen atoms in total. The monoisotopic (exact) mass is 227 g/mol. The lowest BCUT2D eigenvalue weighted by atomic mass is 10.2. The van der Waals surface area contributed by atoms with Crippen molar-refractivity contribution >= 4 is 17.4 Å². The van der Waals surface area contributed by atoms with Gasteiger partial charge in [0.25, 0.3) is 0 Å². The van der Waals surface area contributed by atoms with Crippen LogP contribution in [0.5, 0.6) is 0 Å². The van der Waals surface area contributed by atoms with E-state index < -0.39 is 11.6 Å². The molecule has 1 aliphatic heterocycles. The first kappa shape index (κ1) is 10.5. The van der Waals surface area contributed by atoms with Crippen LogP contribution >= 0.6 is 11.8 Å². The Morgan fingerprint density at radius 3 is 2.47 bits per heavy atom. The lowest BCUT2D eigenvalue weighted by Gasteiger charge is -2.14. The summed E-state index contributed by atoms with van der Waals surface area (Å²) >= 11 is 1.85. The zero-order valence-corrected chi connectivity index (χ0v) is 8.91. The van der Waals surface area contributed by atoms with E-state index in [0.717, 1.165) is 29.7 Å². The summed E-state index contributed by atoms with van der Waals surface area (Å²) in [5.41, 5.74) is 1.52. The lowest BCUT2D eigenvalue weighted by Crippen LogP contribution is -2.05. The molecule has 0 fully saturated rings. The molecule has 0 saturated carbocycles. The van der Waals surface area contributed by atoms with E-state index in [9.17, 15) is 8.78 Å². The van der Waals surface area contributed by atoms with Crippen molar-refractivity contribution in [2.75, 3.05) is 16.8 Å². The van der Waals surface area contributed by atoms with Gasteiger partial charge in [0, 0.05) is 23.2 Å². The molecule has 80 valence electrons. The molecule has 0 bridgehead atoms. The van der Waals surface area contributed by atoms with Crippen LogP contribution < -0.4 is 5.32 Å². The largest absolute Gasteiger partial charge is 0.359 e. The average molecular weight is 227 g/mol. The number of nitrogens with one attached hydrogen (secondary N) is 1. The summed E-state index contributed by atoms with van der Waals surface area (Å²) in [7, 11) is 0. The van der Waals surface area contributed by atoms with Crippen molar-refractivity contribution in [3.63, 3.8) is 0 Å². The van der Waals surface area contributed by atoms with Crippen molar-refractivity contribution in [3.05, 3.63) is 41.6 Å². The SMILES string of the molecule is Fc1cc(F)cc(NC2=CCSCC2)c1. The molecule has 0 amide bonds. The third-order valence-corrected chi connectivity index (χ3v) is 3.03. The summed E-state index contributed by atoms with van der Waals surface area (Å²) in [4.78, 5) is 0. The van der Waals surface area contributed by atoms with Crippen molar-refractivity contribution < 1.29 is 8.78 Å². The third kappa shape index (κ3) is 2.96. The molecule has 0 aliphatic carbocycles. The number of hydrogen-bond acceptors (Lipinski definition) is 2. The van der Waals surface area contributed by atoms with Gasteiger partial charge in [-0.3, -0.25) is 0 Å². The summed E-state index contributed by atoms with van der Waals surface area (Å²) < 4.78 is 25.8. The van der Waals surface area contributed by atoms with Gasteiger partial charge in [-0.2, -0.15) is 11.8 Å². The van der Waals surface area contributed by atoms with Gasteiger partial charge in [-0.1, -0.05) is 6.08 Å². The molecular formula is C11H11F2NS. The molecular weight excluding hydrogens is 216 g/mol. The predicted molar refractivity (Wildman–Crippen MR) is 60.0 cm³/mol. The van der Waals surface area contributed by atoms with E-state index in [-0.39, 0.29) is 0 Å². The fourth-order valence-electron chi connectivity index (χ4n) is 1.45. The fourth-order valence-corrected chi connectivity index (χ4v) is 2.30. The summed E-state index contributed by atoms with van der Waals surface area (Å²) in [5, 5.41) is 3.03. The topological polar surface area (TPSA) is 12.0 Å². The predicted octanol–water partition coefficient (Wildman–Crippen LogP) is 3.40. The Morgan fingerprint density at radius 2 is 1.87 bits per heavy atom. The Labute approximate surface area is 91.6 Å². The molecule has 0 aromatic heterocycles. The third-order valence-electron chi connectivity index (χ3n) is 2.13. The molecule has 1 heterocycles. The zero-order valence-electron chi connectivity index (χ0n) is 8.09. The molecule has 0 unspecified atom stereocenters. The number of anilines is 1. The first-order valence-corrected chi connectivity index (χ1v) is 5.89. The molecule has 1 N–H and O–H groups in total. The quantitative estimate of drug-likeness (QED) is 0.831. The Morgan fingerprint density at radius 1 is 1.13 bits per heavy atom. The van der Waals surface area contributed by atoms with E-state index in [2.05, 4.69) is 11.4 Å². The van der Waals surface area contributed by atoms with Crippen LogP contribution in [0.1, 0.15) is 6.42 Å². The van der Waals surface area contributed by atoms with Crippen molar-refractivity contribution in [2.45, 2.75) is 6.42 Å². The number of thioether (sulfide) groups is 1. The molecule has 4 heteroatoms. The van der Waals surface area contributed by atoms with Gasteiger partial charge in [-0.25, -0.2) is 8.78 Å². The molecule has 2 rings (SSSR count). The summed E-state index contributed by atoms with van der Waals surface area (Å²) in [6.07, 6.45) is 2.97. The molecule has 15 heavy (non-hydrogen) atoms. The van der Waals surface area contributed by atoms with Crippen molar-refractivity contribution in [1.82, 2.24) is 0 Å². The van der Waals surface area contributed by atoms with Crippen molar-refractivity contribution in [1.29, 1.82) is 0 Å². The van der Waals surface area contributed by atoms with Crippen LogP contribution in [0.15, 0.2) is 30.0 Å². The van der Waals surface area contributed by atoms with E-state index in [4.69, 9.17) is 0 Å². The Bertz CT molecular complexity index is 370. The minimum atomic E-state index is -0.553. The zero-order chi connectivity index (χ0) is 10.7. The molecule has 0 saturated heterocycles. The maximum Gasteiger partial charge on any atom is 0.128 e. The van der Waals surface area contributed by atoms with E-state index >= 15 is 0 Å². The second kappa shape index (κ2) is 4.66. The highest BCUT2D eigenvalue weighted by Gasteiger charge is 2.05. The lowest BCUT2D eigenvalue weighted by molar-refractivity contribution is 0.584. The van der Waals surface area contributed by atoms with Crippen LogP contribution in [0.4, 0.5) is 14.5 Å². The summed E-state index contributed by atoms with van der Waals surface area (Å²) in [5.74, 6) is 0.906. The summed E-state index contributed by atoms with van der Waals surface area (Å²) in [6.45, 7) is 0. The standard InChI is InChI=1S/C11H11F2NS/c12-8-5-9(13)7-11(6-8)14-10-1-3-15-4-2-10/h1,5-7,14H,2-4H2. The average Bonchev–Trinajstić information content (AvgIpc) is 2.17. The van der Waals surface area contributed by atoms with Gasteiger partial charge in [0.15, 0.2) is 0 Å². The second-order valence-corrected chi connectivity index (χ2v) is 4.49. The Balaban J connectivity index is 2.12. The van der Waals surface area contributed by atoms with E-state index in [1.54, 1.807) is 0 Å². The molecule has 1 aliphatic rings. The minimum absolute atomic E-state index is 0.477. The highest BCUT2D eigenvalue weighted by molar-refractivity contribution is 7.99. The number of benzene rings is 1. The normalized spacial score (nSPS) is 16.0. The van der Waals surface area contributed by atoms with E-state index in [1.807, 2.05) is 11.8 Å². The maximum atomic E-state index is 12.9. The summed E-state index contributed by atoms with van der Waals surface area (Å²) in [6, 6.07) is 3.47. The van der Waals surface area contributed by atoms with Gasteiger partial charge in [0.05, 0.1) is 0 Å². The van der Waals surface area contributed by atoms with Crippen LogP contribution in [0, 0.1) is 11.6 Å². The van der Waals surface area contributed by atoms with Gasteiger partial charge in [-0.05, 0) is 24.3 Å². The number of allylic oxidation sites excluding steroid dienone is 1. The first-order chi connectivity index (χ1) is 7.24. The highest BCUT2D eigenvalue weighted by atomic mass is 32.2. The van der Waals surface area contributed by atoms with Crippen LogP contribution in [-0.2, 0) is 0 Å².